The van der Waals surface area contributed by atoms with Crippen LogP contribution in [-0.2, 0) is 32.1 Å². The van der Waals surface area contributed by atoms with Crippen LogP contribution in [0.3, 0.4) is 0 Å². The molecule has 0 amide bonds. The standard InChI is InChI=1S/C31H33F2N5O4/c1-20-28(38(24-7-5-4-6-8-24)36-30(20)23-16-34-29(19-41-3)35-17-23)15-25(39)13-22-18-37(11-12-40-2)42-31(22)21-9-10-26(32)27(33)14-21/h4-10,14,16-17,22,31H,11-13,15,18-19H2,1-3H3/t22-,31+/m1/s1. The predicted octanol–water partition coefficient (Wildman–Crippen LogP) is 4.82. The lowest BCUT2D eigenvalue weighted by atomic mass is 9.90. The lowest BCUT2D eigenvalue weighted by Crippen LogP contribution is -2.24. The van der Waals surface area contributed by atoms with Crippen LogP contribution >= 0.6 is 0 Å². The molecule has 1 saturated heterocycles. The van der Waals surface area contributed by atoms with Gasteiger partial charge >= 0.3 is 0 Å². The van der Waals surface area contributed by atoms with Crippen molar-refractivity contribution in [2.45, 2.75) is 32.5 Å². The fourth-order valence-corrected chi connectivity index (χ4v) is 5.21. The summed E-state index contributed by atoms with van der Waals surface area (Å²) in [5, 5.41) is 6.59. The molecule has 0 bridgehead atoms. The molecule has 0 unspecified atom stereocenters. The third-order valence-corrected chi connectivity index (χ3v) is 7.30. The number of halogens is 2. The first kappa shape index (κ1) is 29.6. The maximum atomic E-state index is 14.1. The van der Waals surface area contributed by atoms with E-state index in [0.717, 1.165) is 34.6 Å². The second kappa shape index (κ2) is 13.4. The molecular formula is C31H33F2N5O4. The van der Waals surface area contributed by atoms with Gasteiger partial charge in [-0.05, 0) is 42.3 Å². The van der Waals surface area contributed by atoms with Gasteiger partial charge in [-0.3, -0.25) is 9.63 Å². The minimum Gasteiger partial charge on any atom is -0.383 e. The summed E-state index contributed by atoms with van der Waals surface area (Å²) in [6.07, 6.45) is 3.11. The third-order valence-electron chi connectivity index (χ3n) is 7.30. The molecule has 0 N–H and O–H groups in total. The molecule has 2 atom stereocenters. The minimum atomic E-state index is -0.953. The Labute approximate surface area is 243 Å². The van der Waals surface area contributed by atoms with E-state index in [1.165, 1.54) is 6.07 Å². The number of carbonyl (C=O) groups excluding carboxylic acids is 1. The SMILES string of the molecule is COCCN1C[C@@H](CC(=O)Cc2c(C)c(-c3cnc(COC)nc3)nn2-c2ccccc2)[C@H](c2ccc(F)c(F)c2)O1. The van der Waals surface area contributed by atoms with Crippen molar-refractivity contribution in [1.82, 2.24) is 24.8 Å². The smallest absolute Gasteiger partial charge is 0.159 e. The molecule has 42 heavy (non-hydrogen) atoms. The van der Waals surface area contributed by atoms with Crippen LogP contribution in [0.15, 0.2) is 60.9 Å². The van der Waals surface area contributed by atoms with E-state index in [9.17, 15) is 13.6 Å². The van der Waals surface area contributed by atoms with Crippen molar-refractivity contribution >= 4 is 5.78 Å². The number of rotatable bonds is 12. The first-order valence-corrected chi connectivity index (χ1v) is 13.7. The molecule has 0 saturated carbocycles. The number of hydroxylamine groups is 2. The van der Waals surface area contributed by atoms with Crippen LogP contribution < -0.4 is 0 Å². The molecule has 4 aromatic rings. The fraction of sp³-hybridized carbons (Fsp3) is 0.355. The van der Waals surface area contributed by atoms with Crippen LogP contribution in [0.4, 0.5) is 8.78 Å². The summed E-state index contributed by atoms with van der Waals surface area (Å²) < 4.78 is 39.8. The monoisotopic (exact) mass is 577 g/mol. The van der Waals surface area contributed by atoms with E-state index < -0.39 is 17.7 Å². The van der Waals surface area contributed by atoms with E-state index in [4.69, 9.17) is 19.4 Å². The Hall–Kier alpha value is -3.90. The average Bonchev–Trinajstić information content (AvgIpc) is 3.54. The second-order valence-electron chi connectivity index (χ2n) is 10.2. The van der Waals surface area contributed by atoms with E-state index in [-0.39, 0.29) is 24.5 Å². The Morgan fingerprint density at radius 3 is 2.50 bits per heavy atom. The van der Waals surface area contributed by atoms with Gasteiger partial charge in [0.2, 0.25) is 0 Å². The summed E-state index contributed by atoms with van der Waals surface area (Å²) in [4.78, 5) is 28.5. The molecular weight excluding hydrogens is 544 g/mol. The highest BCUT2D eigenvalue weighted by Gasteiger charge is 2.37. The minimum absolute atomic E-state index is 0.0248. The van der Waals surface area contributed by atoms with Gasteiger partial charge in [-0.1, -0.05) is 24.3 Å². The highest BCUT2D eigenvalue weighted by Crippen LogP contribution is 2.37. The van der Waals surface area contributed by atoms with E-state index >= 15 is 0 Å². The topological polar surface area (TPSA) is 91.6 Å². The number of aromatic nitrogens is 4. The van der Waals surface area contributed by atoms with Gasteiger partial charge < -0.3 is 9.47 Å². The molecule has 0 spiro atoms. The van der Waals surface area contributed by atoms with E-state index in [0.29, 0.717) is 43.4 Å². The number of para-hydroxylation sites is 1. The Morgan fingerprint density at radius 2 is 1.81 bits per heavy atom. The first-order valence-electron chi connectivity index (χ1n) is 13.7. The Bertz CT molecular complexity index is 1510. The Kier molecular flexibility index (Phi) is 9.43. The molecule has 0 aliphatic carbocycles. The van der Waals surface area contributed by atoms with Crippen molar-refractivity contribution in [1.29, 1.82) is 0 Å². The summed E-state index contributed by atoms with van der Waals surface area (Å²) in [5.74, 6) is -1.62. The van der Waals surface area contributed by atoms with Gasteiger partial charge in [0.05, 0.1) is 23.7 Å². The lowest BCUT2D eigenvalue weighted by molar-refractivity contribution is -0.155. The number of nitrogens with zero attached hydrogens (tertiary/aromatic N) is 5. The summed E-state index contributed by atoms with van der Waals surface area (Å²) in [7, 11) is 3.18. The molecule has 3 heterocycles. The fourth-order valence-electron chi connectivity index (χ4n) is 5.21. The number of Topliss-reactive ketones (excluding diaryl/α,β-unsaturated/α-hetero) is 1. The highest BCUT2D eigenvalue weighted by atomic mass is 19.2. The maximum Gasteiger partial charge on any atom is 0.159 e. The van der Waals surface area contributed by atoms with Crippen molar-refractivity contribution in [3.63, 3.8) is 0 Å². The zero-order chi connectivity index (χ0) is 29.6. The molecule has 1 aliphatic heterocycles. The molecule has 220 valence electrons. The number of ketones is 1. The summed E-state index contributed by atoms with van der Waals surface area (Å²) in [5.41, 5.74) is 4.31. The van der Waals surface area contributed by atoms with Crippen molar-refractivity contribution in [3.05, 3.63) is 95.2 Å². The number of methoxy groups -OCH3 is 2. The van der Waals surface area contributed by atoms with Crippen LogP contribution in [0.25, 0.3) is 16.9 Å². The van der Waals surface area contributed by atoms with Gasteiger partial charge in [0.15, 0.2) is 17.5 Å². The molecule has 1 fully saturated rings. The second-order valence-corrected chi connectivity index (χ2v) is 10.2. The average molecular weight is 578 g/mol. The number of hydrogen-bond acceptors (Lipinski definition) is 8. The summed E-state index contributed by atoms with van der Waals surface area (Å²) in [6.45, 7) is 3.60. The van der Waals surface area contributed by atoms with Crippen molar-refractivity contribution in [3.8, 4) is 16.9 Å². The van der Waals surface area contributed by atoms with Gasteiger partial charge in [-0.2, -0.15) is 10.2 Å². The van der Waals surface area contributed by atoms with E-state index in [1.54, 1.807) is 36.4 Å². The third kappa shape index (κ3) is 6.60. The summed E-state index contributed by atoms with van der Waals surface area (Å²) >= 11 is 0. The zero-order valence-corrected chi connectivity index (χ0v) is 23.8. The van der Waals surface area contributed by atoms with Gasteiger partial charge in [-0.25, -0.2) is 23.4 Å². The van der Waals surface area contributed by atoms with Crippen LogP contribution in [0.2, 0.25) is 0 Å². The lowest BCUT2D eigenvalue weighted by Gasteiger charge is -2.18. The van der Waals surface area contributed by atoms with E-state index in [2.05, 4.69) is 9.97 Å². The first-order chi connectivity index (χ1) is 20.4. The molecule has 5 rings (SSSR count). The van der Waals surface area contributed by atoms with Crippen molar-refractivity contribution in [2.24, 2.45) is 5.92 Å². The van der Waals surface area contributed by atoms with Crippen LogP contribution in [-0.4, -0.2) is 64.5 Å². The number of ether oxygens (including phenoxy) is 2. The predicted molar refractivity (Wildman–Crippen MR) is 150 cm³/mol. The van der Waals surface area contributed by atoms with Crippen molar-refractivity contribution < 1.29 is 27.9 Å². The zero-order valence-electron chi connectivity index (χ0n) is 23.8. The maximum absolute atomic E-state index is 14.1. The Morgan fingerprint density at radius 1 is 1.05 bits per heavy atom. The molecule has 2 aromatic heterocycles. The van der Waals surface area contributed by atoms with Gasteiger partial charge in [0, 0.05) is 64.0 Å². The van der Waals surface area contributed by atoms with Gasteiger partial charge in [0.1, 0.15) is 18.5 Å². The molecule has 11 heteroatoms. The largest absolute Gasteiger partial charge is 0.383 e. The number of carbonyl (C=O) groups is 1. The Balaban J connectivity index is 1.42. The molecule has 2 aromatic carbocycles. The number of hydrogen-bond donors (Lipinski definition) is 0. The van der Waals surface area contributed by atoms with Crippen LogP contribution in [0, 0.1) is 24.5 Å². The molecule has 0 radical (unpaired) electrons. The quantitative estimate of drug-likeness (QED) is 0.237. The molecule has 1 aliphatic rings. The summed E-state index contributed by atoms with van der Waals surface area (Å²) in [6, 6.07) is 13.3. The van der Waals surface area contributed by atoms with Crippen LogP contribution in [0.1, 0.15) is 35.2 Å². The van der Waals surface area contributed by atoms with Crippen LogP contribution in [0.5, 0.6) is 0 Å². The van der Waals surface area contributed by atoms with Gasteiger partial charge in [-0.15, -0.1) is 0 Å². The normalized spacial score (nSPS) is 17.2. The molecule has 9 nitrogen and oxygen atoms in total. The number of benzene rings is 2. The van der Waals surface area contributed by atoms with Crippen molar-refractivity contribution in [2.75, 3.05) is 33.9 Å². The van der Waals surface area contributed by atoms with Gasteiger partial charge in [0.25, 0.3) is 0 Å². The van der Waals surface area contributed by atoms with E-state index in [1.807, 2.05) is 37.3 Å². The highest BCUT2D eigenvalue weighted by molar-refractivity contribution is 5.82.